The van der Waals surface area contributed by atoms with Crippen LogP contribution in [0.25, 0.3) is 10.9 Å². The van der Waals surface area contributed by atoms with Crippen molar-refractivity contribution in [3.63, 3.8) is 0 Å². The molecule has 1 aromatic heterocycles. The normalized spacial score (nSPS) is 10.6. The predicted octanol–water partition coefficient (Wildman–Crippen LogP) is 4.51. The molecule has 0 aliphatic rings. The quantitative estimate of drug-likeness (QED) is 0.769. The number of ether oxygens (including phenoxy) is 1. The van der Waals surface area contributed by atoms with E-state index in [1.165, 1.54) is 0 Å². The summed E-state index contributed by atoms with van der Waals surface area (Å²) >= 11 is 6.26. The van der Waals surface area contributed by atoms with Gasteiger partial charge in [-0.25, -0.2) is 0 Å². The zero-order chi connectivity index (χ0) is 14.7. The van der Waals surface area contributed by atoms with Gasteiger partial charge in [-0.2, -0.15) is 0 Å². The number of benzene rings is 2. The van der Waals surface area contributed by atoms with Crippen LogP contribution in [0.5, 0.6) is 5.75 Å². The molecular weight excluding hydrogens is 284 g/mol. The summed E-state index contributed by atoms with van der Waals surface area (Å²) < 4.78 is 5.37. The summed E-state index contributed by atoms with van der Waals surface area (Å²) in [4.78, 5) is 4.36. The minimum absolute atomic E-state index is 0.594. The van der Waals surface area contributed by atoms with E-state index in [2.05, 4.69) is 16.4 Å². The number of para-hydroxylation sites is 1. The molecule has 4 heteroatoms. The topological polar surface area (TPSA) is 34.1 Å². The van der Waals surface area contributed by atoms with Gasteiger partial charge in [0.2, 0.25) is 0 Å². The molecule has 0 saturated heterocycles. The minimum atomic E-state index is 0.594. The lowest BCUT2D eigenvalue weighted by Crippen LogP contribution is -2.03. The lowest BCUT2D eigenvalue weighted by atomic mass is 10.1. The Balaban J connectivity index is 1.91. The third-order valence-corrected chi connectivity index (χ3v) is 3.75. The van der Waals surface area contributed by atoms with Gasteiger partial charge in [-0.15, -0.1) is 0 Å². The van der Waals surface area contributed by atoms with E-state index in [1.54, 1.807) is 13.3 Å². The first kappa shape index (κ1) is 13.7. The van der Waals surface area contributed by atoms with Gasteiger partial charge in [0.1, 0.15) is 5.75 Å². The van der Waals surface area contributed by atoms with Crippen molar-refractivity contribution in [1.29, 1.82) is 0 Å². The Hall–Kier alpha value is -2.26. The Morgan fingerprint density at radius 2 is 1.95 bits per heavy atom. The van der Waals surface area contributed by atoms with Gasteiger partial charge in [0.15, 0.2) is 0 Å². The molecule has 3 rings (SSSR count). The Kier molecular flexibility index (Phi) is 3.93. The van der Waals surface area contributed by atoms with E-state index < -0.39 is 0 Å². The number of hydrogen-bond acceptors (Lipinski definition) is 3. The number of pyridine rings is 1. The van der Waals surface area contributed by atoms with Crippen molar-refractivity contribution in [3.8, 4) is 5.75 Å². The molecule has 0 saturated carbocycles. The number of anilines is 1. The van der Waals surface area contributed by atoms with Crippen molar-refractivity contribution in [2.24, 2.45) is 0 Å². The number of nitrogens with one attached hydrogen (secondary N) is 1. The summed E-state index contributed by atoms with van der Waals surface area (Å²) in [7, 11) is 1.65. The molecule has 2 aromatic carbocycles. The van der Waals surface area contributed by atoms with Gasteiger partial charge in [-0.05, 0) is 24.3 Å². The molecule has 0 spiro atoms. The van der Waals surface area contributed by atoms with E-state index in [-0.39, 0.29) is 0 Å². The molecule has 0 aliphatic heterocycles. The van der Waals surface area contributed by atoms with Gasteiger partial charge in [0, 0.05) is 34.4 Å². The molecule has 1 heterocycles. The maximum Gasteiger partial charge on any atom is 0.125 e. The molecule has 3 nitrogen and oxygen atoms in total. The van der Waals surface area contributed by atoms with Gasteiger partial charge < -0.3 is 10.1 Å². The lowest BCUT2D eigenvalue weighted by Gasteiger charge is -2.13. The largest absolute Gasteiger partial charge is 0.496 e. The highest BCUT2D eigenvalue weighted by atomic mass is 35.5. The fraction of sp³-hybridized carbons (Fsp3) is 0.118. The average molecular weight is 299 g/mol. The number of halogens is 1. The third-order valence-electron chi connectivity index (χ3n) is 3.40. The molecular formula is C17H15ClN2O. The number of nitrogens with zero attached hydrogens (tertiary/aromatic N) is 1. The van der Waals surface area contributed by atoms with E-state index in [0.717, 1.165) is 27.9 Å². The second kappa shape index (κ2) is 6.02. The maximum absolute atomic E-state index is 6.26. The first-order valence-corrected chi connectivity index (χ1v) is 7.06. The fourth-order valence-electron chi connectivity index (χ4n) is 2.34. The van der Waals surface area contributed by atoms with Crippen LogP contribution in [0.1, 0.15) is 5.56 Å². The Bertz CT molecular complexity index is 768. The second-order valence-corrected chi connectivity index (χ2v) is 5.06. The average Bonchev–Trinajstić information content (AvgIpc) is 2.53. The molecule has 0 amide bonds. The van der Waals surface area contributed by atoms with E-state index in [1.807, 2.05) is 42.5 Å². The van der Waals surface area contributed by atoms with Gasteiger partial charge >= 0.3 is 0 Å². The molecule has 0 bridgehead atoms. The monoisotopic (exact) mass is 298 g/mol. The third kappa shape index (κ3) is 2.78. The summed E-state index contributed by atoms with van der Waals surface area (Å²) in [6.45, 7) is 0.594. The zero-order valence-corrected chi connectivity index (χ0v) is 12.4. The number of aromatic nitrogens is 1. The Labute approximate surface area is 128 Å². The zero-order valence-electron chi connectivity index (χ0n) is 11.6. The summed E-state index contributed by atoms with van der Waals surface area (Å²) in [5.74, 6) is 0.786. The van der Waals surface area contributed by atoms with Crippen LogP contribution >= 0.6 is 11.6 Å². The van der Waals surface area contributed by atoms with E-state index in [9.17, 15) is 0 Å². The smallest absolute Gasteiger partial charge is 0.125 e. The molecule has 0 radical (unpaired) electrons. The first-order chi connectivity index (χ1) is 10.3. The standard InChI is InChI=1S/C17H15ClN2O/c1-21-17-8-4-6-14(18)13(17)11-20-16-9-10-19-15-7-3-2-5-12(15)16/h2-10H,11H2,1H3,(H,19,20). The predicted molar refractivity (Wildman–Crippen MR) is 87.1 cm³/mol. The Morgan fingerprint density at radius 1 is 1.10 bits per heavy atom. The number of fused-ring (bicyclic) bond motifs is 1. The van der Waals surface area contributed by atoms with Crippen molar-refractivity contribution in [2.75, 3.05) is 12.4 Å². The molecule has 0 aliphatic carbocycles. The van der Waals surface area contributed by atoms with Crippen LogP contribution in [0.3, 0.4) is 0 Å². The Morgan fingerprint density at radius 3 is 2.81 bits per heavy atom. The molecule has 0 atom stereocenters. The van der Waals surface area contributed by atoms with Crippen LogP contribution in [0.2, 0.25) is 5.02 Å². The number of hydrogen-bond donors (Lipinski definition) is 1. The lowest BCUT2D eigenvalue weighted by molar-refractivity contribution is 0.410. The second-order valence-electron chi connectivity index (χ2n) is 4.65. The van der Waals surface area contributed by atoms with Crippen molar-refractivity contribution in [3.05, 3.63) is 65.3 Å². The van der Waals surface area contributed by atoms with Gasteiger partial charge in [-0.1, -0.05) is 35.9 Å². The first-order valence-electron chi connectivity index (χ1n) is 6.68. The molecule has 0 unspecified atom stereocenters. The van der Waals surface area contributed by atoms with Crippen LogP contribution in [0.4, 0.5) is 5.69 Å². The summed E-state index contributed by atoms with van der Waals surface area (Å²) in [6.07, 6.45) is 1.80. The molecule has 1 N–H and O–H groups in total. The maximum atomic E-state index is 6.26. The fourth-order valence-corrected chi connectivity index (χ4v) is 2.57. The molecule has 3 aromatic rings. The van der Waals surface area contributed by atoms with Gasteiger partial charge in [0.25, 0.3) is 0 Å². The number of rotatable bonds is 4. The van der Waals surface area contributed by atoms with E-state index in [0.29, 0.717) is 11.6 Å². The summed E-state index contributed by atoms with van der Waals surface area (Å²) in [5, 5.41) is 5.20. The summed E-state index contributed by atoms with van der Waals surface area (Å²) in [5.41, 5.74) is 2.94. The highest BCUT2D eigenvalue weighted by Crippen LogP contribution is 2.28. The van der Waals surface area contributed by atoms with Gasteiger partial charge in [-0.3, -0.25) is 4.98 Å². The van der Waals surface area contributed by atoms with Crippen LogP contribution in [0, 0.1) is 0 Å². The van der Waals surface area contributed by atoms with Crippen LogP contribution in [0.15, 0.2) is 54.7 Å². The van der Waals surface area contributed by atoms with Crippen molar-refractivity contribution < 1.29 is 4.74 Å². The van der Waals surface area contributed by atoms with Crippen molar-refractivity contribution in [2.45, 2.75) is 6.54 Å². The summed E-state index contributed by atoms with van der Waals surface area (Å²) in [6, 6.07) is 15.7. The van der Waals surface area contributed by atoms with Crippen molar-refractivity contribution >= 4 is 28.2 Å². The van der Waals surface area contributed by atoms with E-state index >= 15 is 0 Å². The van der Waals surface area contributed by atoms with Crippen LogP contribution in [-0.4, -0.2) is 12.1 Å². The highest BCUT2D eigenvalue weighted by Gasteiger charge is 2.08. The van der Waals surface area contributed by atoms with Crippen molar-refractivity contribution in [1.82, 2.24) is 4.98 Å². The SMILES string of the molecule is COc1cccc(Cl)c1CNc1ccnc2ccccc12. The van der Waals surface area contributed by atoms with Gasteiger partial charge in [0.05, 0.1) is 12.6 Å². The highest BCUT2D eigenvalue weighted by molar-refractivity contribution is 6.31. The molecule has 0 fully saturated rings. The number of methoxy groups -OCH3 is 1. The van der Waals surface area contributed by atoms with Crippen LogP contribution < -0.4 is 10.1 Å². The van der Waals surface area contributed by atoms with Crippen LogP contribution in [-0.2, 0) is 6.54 Å². The van der Waals surface area contributed by atoms with E-state index in [4.69, 9.17) is 16.3 Å². The minimum Gasteiger partial charge on any atom is -0.496 e. The molecule has 106 valence electrons. The molecule has 21 heavy (non-hydrogen) atoms.